The number of aliphatic imine (C=N–C) groups is 1. The maximum absolute atomic E-state index is 13.0. The fourth-order valence-corrected chi connectivity index (χ4v) is 1.73. The van der Waals surface area contributed by atoms with E-state index in [1.807, 2.05) is 6.92 Å². The summed E-state index contributed by atoms with van der Waals surface area (Å²) in [7, 11) is 1.54. The van der Waals surface area contributed by atoms with E-state index in [4.69, 9.17) is 4.74 Å². The number of hydrogen-bond acceptors (Lipinski definition) is 2. The molecule has 1 rings (SSSR count). The Labute approximate surface area is 126 Å². The summed E-state index contributed by atoms with van der Waals surface area (Å²) in [6.45, 7) is 3.10. The van der Waals surface area contributed by atoms with E-state index in [1.165, 1.54) is 0 Å². The molecule has 8 heteroatoms. The molecule has 0 atom stereocenters. The highest BCUT2D eigenvalue weighted by Crippen LogP contribution is 2.32. The Kier molecular flexibility index (Phi) is 7.10. The van der Waals surface area contributed by atoms with Crippen molar-refractivity contribution in [2.45, 2.75) is 19.6 Å². The second kappa shape index (κ2) is 8.57. The van der Waals surface area contributed by atoms with Crippen LogP contribution in [0.4, 0.5) is 17.6 Å². The molecule has 0 aliphatic carbocycles. The molecule has 0 heterocycles. The van der Waals surface area contributed by atoms with Gasteiger partial charge in [-0.1, -0.05) is 6.07 Å². The zero-order chi connectivity index (χ0) is 16.6. The van der Waals surface area contributed by atoms with Crippen LogP contribution in [-0.4, -0.2) is 32.8 Å². The minimum absolute atomic E-state index is 0.0853. The van der Waals surface area contributed by atoms with Gasteiger partial charge in [0.25, 0.3) is 0 Å². The van der Waals surface area contributed by atoms with E-state index in [0.29, 0.717) is 31.7 Å². The maximum atomic E-state index is 13.0. The minimum atomic E-state index is -4.62. The standard InChI is InChI=1S/C14H19F4N3O/c1-3-19-13(20-6-7-22-2)21-9-10-4-5-11(15)8-12(10)14(16,17)18/h4-5,8H,3,6-7,9H2,1-2H3,(H2,19,20,21). The predicted molar refractivity (Wildman–Crippen MR) is 76.1 cm³/mol. The molecule has 0 bridgehead atoms. The van der Waals surface area contributed by atoms with Gasteiger partial charge in [0, 0.05) is 20.2 Å². The van der Waals surface area contributed by atoms with Crippen LogP contribution in [-0.2, 0) is 17.5 Å². The number of nitrogens with one attached hydrogen (secondary N) is 2. The summed E-state index contributed by atoms with van der Waals surface area (Å²) in [5, 5.41) is 5.83. The number of rotatable bonds is 6. The van der Waals surface area contributed by atoms with E-state index in [1.54, 1.807) is 7.11 Å². The van der Waals surface area contributed by atoms with Gasteiger partial charge in [0.1, 0.15) is 5.82 Å². The molecule has 4 nitrogen and oxygen atoms in total. The minimum Gasteiger partial charge on any atom is -0.383 e. The van der Waals surface area contributed by atoms with Crippen molar-refractivity contribution < 1.29 is 22.3 Å². The van der Waals surface area contributed by atoms with Crippen molar-refractivity contribution in [3.05, 3.63) is 35.1 Å². The molecule has 0 aliphatic rings. The highest BCUT2D eigenvalue weighted by Gasteiger charge is 2.33. The fraction of sp³-hybridized carbons (Fsp3) is 0.500. The first-order valence-electron chi connectivity index (χ1n) is 6.75. The molecule has 124 valence electrons. The van der Waals surface area contributed by atoms with E-state index in [2.05, 4.69) is 15.6 Å². The van der Waals surface area contributed by atoms with Gasteiger partial charge in [0.15, 0.2) is 5.96 Å². The zero-order valence-electron chi connectivity index (χ0n) is 12.4. The summed E-state index contributed by atoms with van der Waals surface area (Å²) in [4.78, 5) is 4.08. The van der Waals surface area contributed by atoms with Crippen molar-refractivity contribution in [2.24, 2.45) is 4.99 Å². The topological polar surface area (TPSA) is 45.7 Å². The van der Waals surface area contributed by atoms with Crippen molar-refractivity contribution >= 4 is 5.96 Å². The Bertz CT molecular complexity index is 503. The molecule has 2 N–H and O–H groups in total. The average Bonchev–Trinajstić information content (AvgIpc) is 2.45. The molecular formula is C14H19F4N3O. The number of ether oxygens (including phenoxy) is 1. The fourth-order valence-electron chi connectivity index (χ4n) is 1.73. The second-order valence-corrected chi connectivity index (χ2v) is 4.41. The number of guanidine groups is 1. The van der Waals surface area contributed by atoms with Crippen molar-refractivity contribution in [2.75, 3.05) is 26.8 Å². The van der Waals surface area contributed by atoms with Gasteiger partial charge in [-0.15, -0.1) is 0 Å². The van der Waals surface area contributed by atoms with E-state index in [9.17, 15) is 17.6 Å². The van der Waals surface area contributed by atoms with E-state index in [0.717, 1.165) is 12.1 Å². The summed E-state index contributed by atoms with van der Waals surface area (Å²) >= 11 is 0. The number of hydrogen-bond donors (Lipinski definition) is 2. The van der Waals surface area contributed by atoms with Crippen molar-refractivity contribution in [3.8, 4) is 0 Å². The Morgan fingerprint density at radius 2 is 2.00 bits per heavy atom. The van der Waals surface area contributed by atoms with Gasteiger partial charge in [-0.3, -0.25) is 0 Å². The molecule has 0 aromatic heterocycles. The van der Waals surface area contributed by atoms with Gasteiger partial charge in [0.2, 0.25) is 0 Å². The first kappa shape index (κ1) is 18.2. The first-order chi connectivity index (χ1) is 10.4. The average molecular weight is 321 g/mol. The summed E-state index contributed by atoms with van der Waals surface area (Å²) in [6, 6.07) is 2.57. The lowest BCUT2D eigenvalue weighted by atomic mass is 10.1. The van der Waals surface area contributed by atoms with Crippen LogP contribution in [0.25, 0.3) is 0 Å². The van der Waals surface area contributed by atoms with Crippen LogP contribution in [0.5, 0.6) is 0 Å². The van der Waals surface area contributed by atoms with Crippen LogP contribution >= 0.6 is 0 Å². The molecule has 0 spiro atoms. The summed E-state index contributed by atoms with van der Waals surface area (Å²) in [5.41, 5.74) is -1.10. The SMILES string of the molecule is CCNC(=NCc1ccc(F)cc1C(F)(F)F)NCCOC. The molecule has 0 saturated carbocycles. The lowest BCUT2D eigenvalue weighted by Crippen LogP contribution is -2.38. The number of benzene rings is 1. The van der Waals surface area contributed by atoms with Crippen LogP contribution in [0.15, 0.2) is 23.2 Å². The molecule has 0 aliphatic heterocycles. The third-order valence-electron chi connectivity index (χ3n) is 2.73. The maximum Gasteiger partial charge on any atom is 0.416 e. The van der Waals surface area contributed by atoms with Crippen LogP contribution < -0.4 is 10.6 Å². The highest BCUT2D eigenvalue weighted by atomic mass is 19.4. The smallest absolute Gasteiger partial charge is 0.383 e. The molecule has 0 fully saturated rings. The Balaban J connectivity index is 2.89. The molecule has 1 aromatic rings. The zero-order valence-corrected chi connectivity index (χ0v) is 12.4. The second-order valence-electron chi connectivity index (χ2n) is 4.41. The van der Waals surface area contributed by atoms with Gasteiger partial charge in [0.05, 0.1) is 18.7 Å². The monoisotopic (exact) mass is 321 g/mol. The molecule has 0 radical (unpaired) electrons. The van der Waals surface area contributed by atoms with Crippen molar-refractivity contribution in [1.29, 1.82) is 0 Å². The third kappa shape index (κ3) is 5.88. The Morgan fingerprint density at radius 1 is 1.27 bits per heavy atom. The van der Waals surface area contributed by atoms with Gasteiger partial charge >= 0.3 is 6.18 Å². The quantitative estimate of drug-likeness (QED) is 0.366. The number of methoxy groups -OCH3 is 1. The largest absolute Gasteiger partial charge is 0.416 e. The van der Waals surface area contributed by atoms with E-state index in [-0.39, 0.29) is 12.1 Å². The summed E-state index contributed by atoms with van der Waals surface area (Å²) < 4.78 is 56.6. The molecular weight excluding hydrogens is 302 g/mol. The summed E-state index contributed by atoms with van der Waals surface area (Å²) in [5.74, 6) is -0.554. The molecule has 0 saturated heterocycles. The van der Waals surface area contributed by atoms with Gasteiger partial charge in [-0.2, -0.15) is 13.2 Å². The van der Waals surface area contributed by atoms with Crippen LogP contribution in [0.2, 0.25) is 0 Å². The van der Waals surface area contributed by atoms with Crippen molar-refractivity contribution in [3.63, 3.8) is 0 Å². The Morgan fingerprint density at radius 3 is 2.59 bits per heavy atom. The number of alkyl halides is 3. The molecule has 0 amide bonds. The lowest BCUT2D eigenvalue weighted by Gasteiger charge is -2.13. The van der Waals surface area contributed by atoms with Crippen LogP contribution in [0.3, 0.4) is 0 Å². The van der Waals surface area contributed by atoms with Gasteiger partial charge in [-0.05, 0) is 24.6 Å². The number of halogens is 4. The first-order valence-corrected chi connectivity index (χ1v) is 6.75. The normalized spacial score (nSPS) is 12.4. The molecule has 22 heavy (non-hydrogen) atoms. The lowest BCUT2D eigenvalue weighted by molar-refractivity contribution is -0.138. The molecule has 0 unspecified atom stereocenters. The molecule has 1 aromatic carbocycles. The Hall–Kier alpha value is -1.83. The number of nitrogens with zero attached hydrogens (tertiary/aromatic N) is 1. The third-order valence-corrected chi connectivity index (χ3v) is 2.73. The van der Waals surface area contributed by atoms with E-state index >= 15 is 0 Å². The van der Waals surface area contributed by atoms with E-state index < -0.39 is 17.6 Å². The van der Waals surface area contributed by atoms with Gasteiger partial charge in [-0.25, -0.2) is 9.38 Å². The van der Waals surface area contributed by atoms with Crippen molar-refractivity contribution in [1.82, 2.24) is 10.6 Å². The summed E-state index contributed by atoms with van der Waals surface area (Å²) in [6.07, 6.45) is -4.62. The highest BCUT2D eigenvalue weighted by molar-refractivity contribution is 5.79. The van der Waals surface area contributed by atoms with Crippen LogP contribution in [0.1, 0.15) is 18.1 Å². The van der Waals surface area contributed by atoms with Crippen LogP contribution in [0, 0.1) is 5.82 Å². The predicted octanol–water partition coefficient (Wildman–Crippen LogP) is 2.55. The van der Waals surface area contributed by atoms with Gasteiger partial charge < -0.3 is 15.4 Å².